The molecule has 3 rings (SSSR count). The predicted octanol–water partition coefficient (Wildman–Crippen LogP) is 4.68. The summed E-state index contributed by atoms with van der Waals surface area (Å²) in [4.78, 5) is 24.6. The maximum Gasteiger partial charge on any atom is 0.225 e. The number of para-hydroxylation sites is 1. The Morgan fingerprint density at radius 2 is 1.80 bits per heavy atom. The van der Waals surface area contributed by atoms with Gasteiger partial charge in [0.25, 0.3) is 0 Å². The summed E-state index contributed by atoms with van der Waals surface area (Å²) in [5, 5.41) is 6.38. The van der Waals surface area contributed by atoms with Gasteiger partial charge in [0, 0.05) is 35.7 Å². The highest BCUT2D eigenvalue weighted by Crippen LogP contribution is 2.34. The van der Waals surface area contributed by atoms with Gasteiger partial charge in [0.2, 0.25) is 5.91 Å². The average Bonchev–Trinajstić information content (AvgIpc) is 3.07. The number of allylic oxidation sites excluding steroid dienone is 3. The van der Waals surface area contributed by atoms with Crippen molar-refractivity contribution in [3.05, 3.63) is 102 Å². The van der Waals surface area contributed by atoms with Crippen LogP contribution in [0.2, 0.25) is 0 Å². The van der Waals surface area contributed by atoms with Crippen LogP contribution in [0.5, 0.6) is 0 Å². The van der Waals surface area contributed by atoms with Crippen LogP contribution in [-0.2, 0) is 16.0 Å². The van der Waals surface area contributed by atoms with Crippen molar-refractivity contribution in [1.29, 1.82) is 0 Å². The van der Waals surface area contributed by atoms with Crippen molar-refractivity contribution in [1.82, 2.24) is 5.32 Å². The van der Waals surface area contributed by atoms with Crippen molar-refractivity contribution in [2.24, 2.45) is 11.8 Å². The Morgan fingerprint density at radius 3 is 2.43 bits per heavy atom. The number of hydrogen-bond acceptors (Lipinski definition) is 3. The first-order chi connectivity index (χ1) is 14.6. The molecule has 2 aromatic carbocycles. The fraction of sp³-hybridized carbons (Fsp3) is 0.231. The smallest absolute Gasteiger partial charge is 0.225 e. The first-order valence-corrected chi connectivity index (χ1v) is 10.2. The molecule has 4 nitrogen and oxygen atoms in total. The second kappa shape index (κ2) is 10.4. The van der Waals surface area contributed by atoms with Crippen molar-refractivity contribution < 1.29 is 9.59 Å². The molecule has 3 unspecified atom stereocenters. The van der Waals surface area contributed by atoms with E-state index in [0.717, 1.165) is 24.1 Å². The number of rotatable bonds is 9. The lowest BCUT2D eigenvalue weighted by Gasteiger charge is -2.26. The number of carbonyl (C=O) groups excluding carboxylic acids is 2. The minimum atomic E-state index is -0.438. The second-order valence-corrected chi connectivity index (χ2v) is 7.58. The molecule has 0 aromatic heterocycles. The van der Waals surface area contributed by atoms with Crippen LogP contribution in [-0.4, -0.2) is 18.2 Å². The van der Waals surface area contributed by atoms with Crippen molar-refractivity contribution in [2.75, 3.05) is 5.32 Å². The normalized spacial score (nSPS) is 19.4. The molecule has 0 fully saturated rings. The van der Waals surface area contributed by atoms with Crippen LogP contribution in [0.4, 0.5) is 5.69 Å². The van der Waals surface area contributed by atoms with E-state index < -0.39 is 5.92 Å². The highest BCUT2D eigenvalue weighted by atomic mass is 16.1. The van der Waals surface area contributed by atoms with Gasteiger partial charge in [-0.1, -0.05) is 67.3 Å². The molecule has 2 aromatic rings. The van der Waals surface area contributed by atoms with Crippen LogP contribution in [0.1, 0.15) is 18.9 Å². The fourth-order valence-electron chi connectivity index (χ4n) is 3.97. The molecule has 1 aliphatic rings. The Bertz CT molecular complexity index is 932. The first-order valence-electron chi connectivity index (χ1n) is 10.2. The number of nitrogens with one attached hydrogen (secondary N) is 2. The van der Waals surface area contributed by atoms with Gasteiger partial charge in [0.1, 0.15) is 6.29 Å². The van der Waals surface area contributed by atoms with Gasteiger partial charge >= 0.3 is 0 Å². The van der Waals surface area contributed by atoms with Gasteiger partial charge < -0.3 is 15.4 Å². The number of aldehydes is 1. The number of carbonyl (C=O) groups is 2. The minimum Gasteiger partial charge on any atom is -0.381 e. The summed E-state index contributed by atoms with van der Waals surface area (Å²) < 4.78 is 0. The van der Waals surface area contributed by atoms with Gasteiger partial charge in [-0.25, -0.2) is 0 Å². The topological polar surface area (TPSA) is 58.2 Å². The van der Waals surface area contributed by atoms with Crippen molar-refractivity contribution in [2.45, 2.75) is 25.8 Å². The molecule has 0 spiro atoms. The summed E-state index contributed by atoms with van der Waals surface area (Å²) in [7, 11) is 0. The Morgan fingerprint density at radius 1 is 1.13 bits per heavy atom. The third kappa shape index (κ3) is 5.35. The van der Waals surface area contributed by atoms with E-state index in [1.165, 1.54) is 11.1 Å². The van der Waals surface area contributed by atoms with Crippen molar-refractivity contribution in [3.8, 4) is 0 Å². The van der Waals surface area contributed by atoms with E-state index in [9.17, 15) is 9.59 Å². The number of benzene rings is 2. The molecule has 0 aliphatic carbocycles. The van der Waals surface area contributed by atoms with Crippen LogP contribution in [0.3, 0.4) is 0 Å². The van der Waals surface area contributed by atoms with Gasteiger partial charge in [-0.15, -0.1) is 0 Å². The van der Waals surface area contributed by atoms with E-state index >= 15 is 0 Å². The standard InChI is InChI=1S/C26H28N2O2/c1-3-4-15-24-19(2)23(16-20-11-7-5-8-12-20)26(28-24)21(18-29)17-25(30)27-22-13-9-6-10-14-22/h3-15,18,21,23,26,28H,1,16-17H2,2H3,(H,27,30)/b15-4-. The molecule has 4 heteroatoms. The summed E-state index contributed by atoms with van der Waals surface area (Å²) >= 11 is 0. The Kier molecular flexibility index (Phi) is 7.39. The van der Waals surface area contributed by atoms with Crippen molar-refractivity contribution >= 4 is 17.9 Å². The third-order valence-electron chi connectivity index (χ3n) is 5.55. The molecule has 0 saturated heterocycles. The molecule has 30 heavy (non-hydrogen) atoms. The molecule has 1 heterocycles. The maximum atomic E-state index is 12.6. The zero-order chi connectivity index (χ0) is 21.3. The summed E-state index contributed by atoms with van der Waals surface area (Å²) in [5.74, 6) is -0.477. The first kappa shape index (κ1) is 21.3. The third-order valence-corrected chi connectivity index (χ3v) is 5.55. The van der Waals surface area contributed by atoms with Gasteiger partial charge in [0.15, 0.2) is 0 Å². The Labute approximate surface area is 178 Å². The molecule has 154 valence electrons. The van der Waals surface area contributed by atoms with Gasteiger partial charge in [-0.3, -0.25) is 4.79 Å². The zero-order valence-electron chi connectivity index (χ0n) is 17.3. The molecule has 2 N–H and O–H groups in total. The molecular formula is C26H28N2O2. The van der Waals surface area contributed by atoms with Gasteiger partial charge in [0.05, 0.1) is 0 Å². The predicted molar refractivity (Wildman–Crippen MR) is 122 cm³/mol. The largest absolute Gasteiger partial charge is 0.381 e. The van der Waals surface area contributed by atoms with Crippen LogP contribution >= 0.6 is 0 Å². The maximum absolute atomic E-state index is 12.6. The highest BCUT2D eigenvalue weighted by molar-refractivity contribution is 5.92. The molecule has 0 saturated carbocycles. The molecule has 3 atom stereocenters. The lowest BCUT2D eigenvalue weighted by Crippen LogP contribution is -2.40. The van der Waals surface area contributed by atoms with Crippen LogP contribution in [0.15, 0.2) is 96.7 Å². The minimum absolute atomic E-state index is 0.122. The number of amides is 1. The summed E-state index contributed by atoms with van der Waals surface area (Å²) in [6.07, 6.45) is 7.44. The lowest BCUT2D eigenvalue weighted by atomic mass is 9.81. The summed E-state index contributed by atoms with van der Waals surface area (Å²) in [5.41, 5.74) is 4.13. The van der Waals surface area contributed by atoms with E-state index in [1.54, 1.807) is 6.08 Å². The molecule has 1 aliphatic heterocycles. The molecule has 0 radical (unpaired) electrons. The fourth-order valence-corrected chi connectivity index (χ4v) is 3.97. The van der Waals surface area contributed by atoms with Crippen molar-refractivity contribution in [3.63, 3.8) is 0 Å². The van der Waals surface area contributed by atoms with E-state index in [0.29, 0.717) is 0 Å². The Hall–Kier alpha value is -3.40. The Balaban J connectivity index is 1.78. The quantitative estimate of drug-likeness (QED) is 0.475. The summed E-state index contributed by atoms with van der Waals surface area (Å²) in [6, 6.07) is 19.4. The molecule has 0 bridgehead atoms. The van der Waals surface area contributed by atoms with Gasteiger partial charge in [-0.05, 0) is 42.7 Å². The lowest BCUT2D eigenvalue weighted by molar-refractivity contribution is -0.121. The van der Waals surface area contributed by atoms with Crippen LogP contribution < -0.4 is 10.6 Å². The zero-order valence-corrected chi connectivity index (χ0v) is 17.3. The van der Waals surface area contributed by atoms with E-state index in [2.05, 4.69) is 36.3 Å². The average molecular weight is 401 g/mol. The molecular weight excluding hydrogens is 372 g/mol. The van der Waals surface area contributed by atoms with E-state index in [1.807, 2.05) is 60.7 Å². The second-order valence-electron chi connectivity index (χ2n) is 7.58. The monoisotopic (exact) mass is 400 g/mol. The van der Waals surface area contributed by atoms with Crippen LogP contribution in [0.25, 0.3) is 0 Å². The summed E-state index contributed by atoms with van der Waals surface area (Å²) in [6.45, 7) is 5.83. The SMILES string of the molecule is C=C/C=C\C1=C(C)C(Cc2ccccc2)C(C(C=O)CC(=O)Nc2ccccc2)N1. The number of hydrogen-bond donors (Lipinski definition) is 2. The highest BCUT2D eigenvalue weighted by Gasteiger charge is 2.37. The van der Waals surface area contributed by atoms with Crippen LogP contribution in [0, 0.1) is 11.8 Å². The number of anilines is 1. The van der Waals surface area contributed by atoms with E-state index in [4.69, 9.17) is 0 Å². The van der Waals surface area contributed by atoms with E-state index in [-0.39, 0.29) is 24.3 Å². The molecule has 1 amide bonds. The van der Waals surface area contributed by atoms with Gasteiger partial charge in [-0.2, -0.15) is 0 Å².